The molecule has 3 heteroatoms. The molecule has 0 saturated carbocycles. The Balaban J connectivity index is 1.97. The molecular formula is C10H12N3. The van der Waals surface area contributed by atoms with Crippen LogP contribution in [0.25, 0.3) is 0 Å². The third-order valence-electron chi connectivity index (χ3n) is 2.11. The highest BCUT2D eigenvalue weighted by Gasteiger charge is 2.06. The molecule has 0 bridgehead atoms. The normalized spacial score (nSPS) is 17.1. The second-order valence-electron chi connectivity index (χ2n) is 3.11. The summed E-state index contributed by atoms with van der Waals surface area (Å²) in [5.41, 5.74) is 0.849. The van der Waals surface area contributed by atoms with E-state index in [0.29, 0.717) is 0 Å². The van der Waals surface area contributed by atoms with Crippen LogP contribution in [0.4, 0.5) is 5.69 Å². The van der Waals surface area contributed by atoms with Gasteiger partial charge >= 0.3 is 0 Å². The van der Waals surface area contributed by atoms with Crippen molar-refractivity contribution < 1.29 is 0 Å². The van der Waals surface area contributed by atoms with E-state index in [2.05, 4.69) is 20.9 Å². The van der Waals surface area contributed by atoms with Crippen molar-refractivity contribution in [1.29, 1.82) is 0 Å². The third-order valence-corrected chi connectivity index (χ3v) is 2.11. The first kappa shape index (κ1) is 8.23. The summed E-state index contributed by atoms with van der Waals surface area (Å²) >= 11 is 0. The van der Waals surface area contributed by atoms with E-state index in [0.717, 1.165) is 18.8 Å². The zero-order chi connectivity index (χ0) is 8.93. The quantitative estimate of drug-likeness (QED) is 0.503. The van der Waals surface area contributed by atoms with Gasteiger partial charge in [-0.1, -0.05) is 0 Å². The van der Waals surface area contributed by atoms with Crippen LogP contribution in [0, 0.1) is 6.07 Å². The largest absolute Gasteiger partial charge is 0.363 e. The molecule has 3 nitrogen and oxygen atoms in total. The Bertz CT molecular complexity index is 275. The second-order valence-corrected chi connectivity index (χ2v) is 3.11. The fourth-order valence-corrected chi connectivity index (χ4v) is 1.39. The fraction of sp³-hybridized carbons (Fsp3) is 0.400. The summed E-state index contributed by atoms with van der Waals surface area (Å²) in [5, 5.41) is 0. The smallest absolute Gasteiger partial charge is 0.0912 e. The maximum absolute atomic E-state index is 4.29. The Morgan fingerprint density at radius 2 is 2.31 bits per heavy atom. The van der Waals surface area contributed by atoms with Crippen LogP contribution in [0.3, 0.4) is 0 Å². The standard InChI is InChI=1S/C10H12N3/c1-2-8-13(7-1)9-12-10-3-5-11-6-4-10/h3,5-6,9H,1-2,7-8H2/b12-9+. The number of likely N-dealkylation sites (tertiary alicyclic amines) is 1. The molecule has 0 unspecified atom stereocenters. The van der Waals surface area contributed by atoms with Gasteiger partial charge in [0.15, 0.2) is 0 Å². The minimum absolute atomic E-state index is 0.849. The van der Waals surface area contributed by atoms with Crippen molar-refractivity contribution in [2.24, 2.45) is 4.99 Å². The Labute approximate surface area is 78.1 Å². The summed E-state index contributed by atoms with van der Waals surface area (Å²) in [6, 6.07) is 4.81. The number of pyridine rings is 1. The molecule has 1 aliphatic rings. The van der Waals surface area contributed by atoms with Crippen LogP contribution in [-0.2, 0) is 0 Å². The molecule has 0 aromatic carbocycles. The SMILES string of the molecule is [c]1cnccc1/N=C/N1CCCC1. The highest BCUT2D eigenvalue weighted by molar-refractivity contribution is 5.60. The van der Waals surface area contributed by atoms with Crippen LogP contribution < -0.4 is 0 Å². The molecular weight excluding hydrogens is 162 g/mol. The Hall–Kier alpha value is -1.38. The summed E-state index contributed by atoms with van der Waals surface area (Å²) in [4.78, 5) is 10.4. The van der Waals surface area contributed by atoms with Crippen LogP contribution in [0.1, 0.15) is 12.8 Å². The van der Waals surface area contributed by atoms with E-state index in [4.69, 9.17) is 0 Å². The lowest BCUT2D eigenvalue weighted by molar-refractivity contribution is 0.536. The van der Waals surface area contributed by atoms with Crippen molar-refractivity contribution in [1.82, 2.24) is 9.88 Å². The van der Waals surface area contributed by atoms with Gasteiger partial charge in [-0.05, 0) is 18.9 Å². The summed E-state index contributed by atoms with van der Waals surface area (Å²) in [6.45, 7) is 2.27. The summed E-state index contributed by atoms with van der Waals surface area (Å²) in [6.07, 6.45) is 7.83. The van der Waals surface area contributed by atoms with Crippen molar-refractivity contribution in [3.8, 4) is 0 Å². The van der Waals surface area contributed by atoms with Crippen molar-refractivity contribution >= 4 is 12.0 Å². The number of aromatic nitrogens is 1. The van der Waals surface area contributed by atoms with Gasteiger partial charge in [-0.2, -0.15) is 0 Å². The molecule has 1 aromatic heterocycles. The maximum atomic E-state index is 4.29. The molecule has 1 fully saturated rings. The Morgan fingerprint density at radius 1 is 1.46 bits per heavy atom. The monoisotopic (exact) mass is 174 g/mol. The van der Waals surface area contributed by atoms with Crippen LogP contribution in [0.5, 0.6) is 0 Å². The van der Waals surface area contributed by atoms with Crippen molar-refractivity contribution in [2.75, 3.05) is 13.1 Å². The molecule has 1 aliphatic heterocycles. The molecule has 1 radical (unpaired) electrons. The number of hydrogen-bond acceptors (Lipinski definition) is 2. The van der Waals surface area contributed by atoms with Crippen LogP contribution in [0.2, 0.25) is 0 Å². The zero-order valence-corrected chi connectivity index (χ0v) is 7.48. The van der Waals surface area contributed by atoms with Gasteiger partial charge in [0.1, 0.15) is 0 Å². The average molecular weight is 174 g/mol. The molecule has 0 amide bonds. The van der Waals surface area contributed by atoms with Crippen molar-refractivity contribution in [2.45, 2.75) is 12.8 Å². The molecule has 13 heavy (non-hydrogen) atoms. The van der Waals surface area contributed by atoms with Gasteiger partial charge in [0.05, 0.1) is 12.0 Å². The molecule has 1 saturated heterocycles. The lowest BCUT2D eigenvalue weighted by Gasteiger charge is -2.08. The van der Waals surface area contributed by atoms with Gasteiger partial charge in [0, 0.05) is 31.5 Å². The van der Waals surface area contributed by atoms with E-state index in [-0.39, 0.29) is 0 Å². The molecule has 0 aliphatic carbocycles. The lowest BCUT2D eigenvalue weighted by Crippen LogP contribution is -2.15. The van der Waals surface area contributed by atoms with E-state index in [9.17, 15) is 0 Å². The van der Waals surface area contributed by atoms with E-state index in [1.54, 1.807) is 12.4 Å². The number of hydrogen-bond donors (Lipinski definition) is 0. The van der Waals surface area contributed by atoms with Crippen molar-refractivity contribution in [3.05, 3.63) is 24.5 Å². The van der Waals surface area contributed by atoms with Gasteiger partial charge in [0.2, 0.25) is 0 Å². The highest BCUT2D eigenvalue weighted by atomic mass is 15.2. The van der Waals surface area contributed by atoms with E-state index in [1.165, 1.54) is 12.8 Å². The zero-order valence-electron chi connectivity index (χ0n) is 7.48. The summed E-state index contributed by atoms with van der Waals surface area (Å²) < 4.78 is 0. The molecule has 0 N–H and O–H groups in total. The lowest BCUT2D eigenvalue weighted by atomic mass is 10.4. The second kappa shape index (κ2) is 4.03. The number of aliphatic imine (C=N–C) groups is 1. The third kappa shape index (κ3) is 2.28. The molecule has 2 rings (SSSR count). The molecule has 67 valence electrons. The predicted molar refractivity (Wildman–Crippen MR) is 52.0 cm³/mol. The van der Waals surface area contributed by atoms with Gasteiger partial charge in [-0.3, -0.25) is 4.98 Å². The number of nitrogens with zero attached hydrogens (tertiary/aromatic N) is 3. The van der Waals surface area contributed by atoms with Gasteiger partial charge < -0.3 is 4.90 Å². The van der Waals surface area contributed by atoms with Crippen molar-refractivity contribution in [3.63, 3.8) is 0 Å². The average Bonchev–Trinajstić information content (AvgIpc) is 2.69. The Kier molecular flexibility index (Phi) is 2.55. The first-order valence-corrected chi connectivity index (χ1v) is 4.55. The minimum atomic E-state index is 0.849. The summed E-state index contributed by atoms with van der Waals surface area (Å²) in [5.74, 6) is 0. The van der Waals surface area contributed by atoms with Crippen LogP contribution in [-0.4, -0.2) is 29.3 Å². The summed E-state index contributed by atoms with van der Waals surface area (Å²) in [7, 11) is 0. The minimum Gasteiger partial charge on any atom is -0.363 e. The van der Waals surface area contributed by atoms with Gasteiger partial charge in [0.25, 0.3) is 0 Å². The predicted octanol–water partition coefficient (Wildman–Crippen LogP) is 1.64. The van der Waals surface area contributed by atoms with E-state index in [1.807, 2.05) is 12.4 Å². The van der Waals surface area contributed by atoms with E-state index >= 15 is 0 Å². The fourth-order valence-electron chi connectivity index (χ4n) is 1.39. The topological polar surface area (TPSA) is 28.5 Å². The van der Waals surface area contributed by atoms with Gasteiger partial charge in [-0.15, -0.1) is 0 Å². The maximum Gasteiger partial charge on any atom is 0.0912 e. The first-order valence-electron chi connectivity index (χ1n) is 4.55. The molecule has 0 atom stereocenters. The first-order chi connectivity index (χ1) is 6.45. The molecule has 0 spiro atoms. The van der Waals surface area contributed by atoms with E-state index < -0.39 is 0 Å². The molecule has 2 heterocycles. The van der Waals surface area contributed by atoms with Crippen LogP contribution in [0.15, 0.2) is 23.5 Å². The molecule has 1 aromatic rings. The Morgan fingerprint density at radius 3 is 3.00 bits per heavy atom. The highest BCUT2D eigenvalue weighted by Crippen LogP contribution is 2.09. The van der Waals surface area contributed by atoms with Crippen LogP contribution >= 0.6 is 0 Å². The van der Waals surface area contributed by atoms with Gasteiger partial charge in [-0.25, -0.2) is 4.99 Å². The number of rotatable bonds is 2.